The molecular formula is C11H12N2S2. The number of thiazole rings is 1. The minimum Gasteiger partial charge on any atom is -0.304 e. The van der Waals surface area contributed by atoms with E-state index in [-0.39, 0.29) is 0 Å². The van der Waals surface area contributed by atoms with Gasteiger partial charge in [0, 0.05) is 22.5 Å². The zero-order valence-corrected chi connectivity index (χ0v) is 10.1. The fraction of sp³-hybridized carbons (Fsp3) is 0.364. The van der Waals surface area contributed by atoms with Gasteiger partial charge in [-0.3, -0.25) is 0 Å². The Balaban J connectivity index is 2.02. The lowest BCUT2D eigenvalue weighted by Crippen LogP contribution is -2.29. The quantitative estimate of drug-likeness (QED) is 0.823. The summed E-state index contributed by atoms with van der Waals surface area (Å²) in [6, 6.07) is 2.56. The van der Waals surface area contributed by atoms with Gasteiger partial charge in [0.05, 0.1) is 6.04 Å². The summed E-state index contributed by atoms with van der Waals surface area (Å²) in [4.78, 5) is 6.09. The average molecular weight is 236 g/mol. The van der Waals surface area contributed by atoms with Crippen LogP contribution in [0.3, 0.4) is 0 Å². The molecule has 2 aromatic heterocycles. The predicted molar refractivity (Wildman–Crippen MR) is 64.7 cm³/mol. The monoisotopic (exact) mass is 236 g/mol. The molecule has 2 nitrogen and oxygen atoms in total. The van der Waals surface area contributed by atoms with E-state index in [0.717, 1.165) is 18.7 Å². The number of aromatic nitrogens is 1. The molecule has 0 spiro atoms. The molecule has 1 atom stereocenters. The molecule has 78 valence electrons. The number of nitrogens with zero attached hydrogens (tertiary/aromatic N) is 1. The SMILES string of the molecule is Cc1csc(C2NCCc3sccc32)n1. The lowest BCUT2D eigenvalue weighted by atomic mass is 10.0. The molecule has 1 N–H and O–H groups in total. The fourth-order valence-electron chi connectivity index (χ4n) is 1.98. The number of fused-ring (bicyclic) bond motifs is 1. The third kappa shape index (κ3) is 1.62. The Kier molecular flexibility index (Phi) is 2.35. The van der Waals surface area contributed by atoms with Gasteiger partial charge in [-0.25, -0.2) is 4.98 Å². The van der Waals surface area contributed by atoms with Crippen LogP contribution in [0, 0.1) is 6.92 Å². The van der Waals surface area contributed by atoms with Gasteiger partial charge in [-0.1, -0.05) is 0 Å². The lowest BCUT2D eigenvalue weighted by Gasteiger charge is -2.22. The van der Waals surface area contributed by atoms with Crippen LogP contribution in [-0.2, 0) is 6.42 Å². The van der Waals surface area contributed by atoms with Crippen LogP contribution in [0.25, 0.3) is 0 Å². The number of hydrogen-bond acceptors (Lipinski definition) is 4. The largest absolute Gasteiger partial charge is 0.304 e. The van der Waals surface area contributed by atoms with E-state index in [4.69, 9.17) is 0 Å². The van der Waals surface area contributed by atoms with Crippen molar-refractivity contribution in [2.24, 2.45) is 0 Å². The Hall–Kier alpha value is -0.710. The second-order valence-corrected chi connectivity index (χ2v) is 5.65. The summed E-state index contributed by atoms with van der Waals surface area (Å²) in [7, 11) is 0. The summed E-state index contributed by atoms with van der Waals surface area (Å²) in [6.45, 7) is 3.12. The van der Waals surface area contributed by atoms with E-state index >= 15 is 0 Å². The number of nitrogens with one attached hydrogen (secondary N) is 1. The van der Waals surface area contributed by atoms with E-state index in [1.807, 2.05) is 11.3 Å². The van der Waals surface area contributed by atoms with Gasteiger partial charge in [0.2, 0.25) is 0 Å². The zero-order valence-electron chi connectivity index (χ0n) is 8.49. The molecule has 0 aromatic carbocycles. The smallest absolute Gasteiger partial charge is 0.114 e. The van der Waals surface area contributed by atoms with Crippen molar-refractivity contribution in [2.45, 2.75) is 19.4 Å². The van der Waals surface area contributed by atoms with Gasteiger partial charge in [-0.2, -0.15) is 0 Å². The summed E-state index contributed by atoms with van der Waals surface area (Å²) in [5.41, 5.74) is 2.56. The van der Waals surface area contributed by atoms with E-state index in [1.165, 1.54) is 15.4 Å². The van der Waals surface area contributed by atoms with Crippen molar-refractivity contribution < 1.29 is 0 Å². The number of thiophene rings is 1. The van der Waals surface area contributed by atoms with E-state index in [1.54, 1.807) is 11.3 Å². The van der Waals surface area contributed by atoms with Gasteiger partial charge in [0.1, 0.15) is 5.01 Å². The fourth-order valence-corrected chi connectivity index (χ4v) is 3.78. The first-order valence-electron chi connectivity index (χ1n) is 5.06. The van der Waals surface area contributed by atoms with Crippen LogP contribution < -0.4 is 5.32 Å². The van der Waals surface area contributed by atoms with Crippen molar-refractivity contribution in [1.82, 2.24) is 10.3 Å². The minimum atomic E-state index is 0.332. The van der Waals surface area contributed by atoms with E-state index in [2.05, 4.69) is 34.1 Å². The first kappa shape index (κ1) is 9.51. The van der Waals surface area contributed by atoms with Crippen molar-refractivity contribution in [3.63, 3.8) is 0 Å². The standard InChI is InChI=1S/C11H12N2S2/c1-7-6-15-11(13-7)10-8-3-5-14-9(8)2-4-12-10/h3,5-6,10,12H,2,4H2,1H3. The maximum absolute atomic E-state index is 4.57. The summed E-state index contributed by atoms with van der Waals surface area (Å²) in [5, 5.41) is 9.05. The highest BCUT2D eigenvalue weighted by Crippen LogP contribution is 2.33. The molecule has 15 heavy (non-hydrogen) atoms. The molecule has 0 fully saturated rings. The van der Waals surface area contributed by atoms with Crippen molar-refractivity contribution in [3.8, 4) is 0 Å². The molecule has 3 rings (SSSR count). The number of rotatable bonds is 1. The molecule has 3 heterocycles. The second kappa shape index (κ2) is 3.70. The Morgan fingerprint density at radius 2 is 2.40 bits per heavy atom. The third-order valence-corrected chi connectivity index (χ3v) is 4.70. The molecule has 0 bridgehead atoms. The van der Waals surface area contributed by atoms with E-state index in [9.17, 15) is 0 Å². The van der Waals surface area contributed by atoms with Crippen molar-refractivity contribution >= 4 is 22.7 Å². The third-order valence-electron chi connectivity index (χ3n) is 2.68. The van der Waals surface area contributed by atoms with Gasteiger partial charge in [0.25, 0.3) is 0 Å². The lowest BCUT2D eigenvalue weighted by molar-refractivity contribution is 0.571. The molecular weight excluding hydrogens is 224 g/mol. The minimum absolute atomic E-state index is 0.332. The van der Waals surface area contributed by atoms with Crippen LogP contribution in [0.15, 0.2) is 16.8 Å². The first-order valence-corrected chi connectivity index (χ1v) is 6.82. The average Bonchev–Trinajstić information content (AvgIpc) is 2.84. The van der Waals surface area contributed by atoms with Crippen molar-refractivity contribution in [2.75, 3.05) is 6.54 Å². The van der Waals surface area contributed by atoms with Crippen LogP contribution in [0.5, 0.6) is 0 Å². The van der Waals surface area contributed by atoms with Gasteiger partial charge < -0.3 is 5.32 Å². The molecule has 0 amide bonds. The number of aryl methyl sites for hydroxylation is 1. The molecule has 0 radical (unpaired) electrons. The van der Waals surface area contributed by atoms with Crippen LogP contribution in [0.4, 0.5) is 0 Å². The Morgan fingerprint density at radius 3 is 3.20 bits per heavy atom. The van der Waals surface area contributed by atoms with Gasteiger partial charge in [-0.15, -0.1) is 22.7 Å². The van der Waals surface area contributed by atoms with E-state index in [0.29, 0.717) is 6.04 Å². The molecule has 0 aliphatic carbocycles. The molecule has 0 saturated carbocycles. The summed E-state index contributed by atoms with van der Waals surface area (Å²) in [5.74, 6) is 0. The highest BCUT2D eigenvalue weighted by atomic mass is 32.1. The second-order valence-electron chi connectivity index (χ2n) is 3.76. The Labute approximate surface area is 97.0 Å². The maximum Gasteiger partial charge on any atom is 0.114 e. The zero-order chi connectivity index (χ0) is 10.3. The number of hydrogen-bond donors (Lipinski definition) is 1. The summed E-state index contributed by atoms with van der Waals surface area (Å²) in [6.07, 6.45) is 1.16. The topological polar surface area (TPSA) is 24.9 Å². The highest BCUT2D eigenvalue weighted by Gasteiger charge is 2.24. The van der Waals surface area contributed by atoms with E-state index < -0.39 is 0 Å². The first-order chi connectivity index (χ1) is 7.34. The van der Waals surface area contributed by atoms with Crippen LogP contribution in [0.1, 0.15) is 27.2 Å². The summed E-state index contributed by atoms with van der Waals surface area (Å²) < 4.78 is 0. The highest BCUT2D eigenvalue weighted by molar-refractivity contribution is 7.10. The van der Waals surface area contributed by atoms with Crippen LogP contribution >= 0.6 is 22.7 Å². The maximum atomic E-state index is 4.57. The molecule has 4 heteroatoms. The molecule has 0 saturated heterocycles. The van der Waals surface area contributed by atoms with Crippen molar-refractivity contribution in [3.05, 3.63) is 38.0 Å². The molecule has 2 aromatic rings. The molecule has 1 unspecified atom stereocenters. The normalized spacial score (nSPS) is 20.2. The van der Waals surface area contributed by atoms with Crippen LogP contribution in [0.2, 0.25) is 0 Å². The molecule has 1 aliphatic heterocycles. The van der Waals surface area contributed by atoms with Gasteiger partial charge in [-0.05, 0) is 30.4 Å². The van der Waals surface area contributed by atoms with Crippen molar-refractivity contribution in [1.29, 1.82) is 0 Å². The predicted octanol–water partition coefficient (Wildman–Crippen LogP) is 2.75. The van der Waals surface area contributed by atoms with Crippen LogP contribution in [-0.4, -0.2) is 11.5 Å². The van der Waals surface area contributed by atoms with Gasteiger partial charge >= 0.3 is 0 Å². The Morgan fingerprint density at radius 1 is 1.47 bits per heavy atom. The molecule has 1 aliphatic rings. The van der Waals surface area contributed by atoms with Gasteiger partial charge in [0.15, 0.2) is 0 Å². The Bertz CT molecular complexity index is 472. The summed E-state index contributed by atoms with van der Waals surface area (Å²) >= 11 is 3.62.